The summed E-state index contributed by atoms with van der Waals surface area (Å²) in [5.74, 6) is -0.591. The molecule has 0 spiro atoms. The molecule has 12 heteroatoms. The van der Waals surface area contributed by atoms with E-state index in [0.717, 1.165) is 12.1 Å². The van der Waals surface area contributed by atoms with Crippen LogP contribution in [0.5, 0.6) is 11.5 Å². The lowest BCUT2D eigenvalue weighted by atomic mass is 10.0. The highest BCUT2D eigenvalue weighted by Gasteiger charge is 2.26. The molecular formula is C21H22N4O8. The van der Waals surface area contributed by atoms with Crippen LogP contribution in [0.1, 0.15) is 30.1 Å². The molecule has 1 fully saturated rings. The summed E-state index contributed by atoms with van der Waals surface area (Å²) in [6, 6.07) is 8.80. The summed E-state index contributed by atoms with van der Waals surface area (Å²) in [5.41, 5.74) is -0.604. The van der Waals surface area contributed by atoms with Crippen molar-refractivity contribution in [3.8, 4) is 11.5 Å². The lowest BCUT2D eigenvalue weighted by Gasteiger charge is -2.31. The maximum atomic E-state index is 12.6. The number of non-ortho nitro benzene ring substituents is 1. The second kappa shape index (κ2) is 10.4. The largest absolute Gasteiger partial charge is 0.450 e. The first-order chi connectivity index (χ1) is 15.8. The minimum Gasteiger partial charge on any atom is -0.450 e. The maximum absolute atomic E-state index is 12.6. The third kappa shape index (κ3) is 5.93. The zero-order chi connectivity index (χ0) is 24.0. The first kappa shape index (κ1) is 23.4. The van der Waals surface area contributed by atoms with Crippen molar-refractivity contribution >= 4 is 23.4 Å². The number of nitro groups is 2. The van der Waals surface area contributed by atoms with Crippen molar-refractivity contribution in [2.75, 3.05) is 19.7 Å². The van der Waals surface area contributed by atoms with Crippen LogP contribution in [0.3, 0.4) is 0 Å². The normalized spacial score (nSPS) is 13.8. The molecule has 0 aromatic heterocycles. The Morgan fingerprint density at radius 3 is 2.45 bits per heavy atom. The molecule has 1 aliphatic rings. The van der Waals surface area contributed by atoms with Gasteiger partial charge in [-0.3, -0.25) is 25.0 Å². The fourth-order valence-corrected chi connectivity index (χ4v) is 3.37. The molecule has 3 rings (SSSR count). The molecule has 0 aliphatic carbocycles. The molecular weight excluding hydrogens is 436 g/mol. The molecule has 0 radical (unpaired) electrons. The quantitative estimate of drug-likeness (QED) is 0.487. The second-order valence-electron chi connectivity index (χ2n) is 7.23. The van der Waals surface area contributed by atoms with E-state index in [-0.39, 0.29) is 35.4 Å². The van der Waals surface area contributed by atoms with Crippen LogP contribution in [0.25, 0.3) is 0 Å². The zero-order valence-corrected chi connectivity index (χ0v) is 17.8. The van der Waals surface area contributed by atoms with E-state index in [1.807, 2.05) is 0 Å². The fraction of sp³-hybridized carbons (Fsp3) is 0.333. The van der Waals surface area contributed by atoms with Gasteiger partial charge in [0.05, 0.1) is 22.5 Å². The topological polar surface area (TPSA) is 154 Å². The summed E-state index contributed by atoms with van der Waals surface area (Å²) in [5, 5.41) is 25.3. The van der Waals surface area contributed by atoms with Crippen LogP contribution in [-0.2, 0) is 4.74 Å². The Morgan fingerprint density at radius 1 is 1.09 bits per heavy atom. The monoisotopic (exact) mass is 458 g/mol. The number of nitrogens with zero attached hydrogens (tertiary/aromatic N) is 3. The summed E-state index contributed by atoms with van der Waals surface area (Å²) in [6.45, 7) is 2.87. The number of carbonyl (C=O) groups is 2. The van der Waals surface area contributed by atoms with E-state index in [2.05, 4.69) is 5.32 Å². The van der Waals surface area contributed by atoms with Crippen molar-refractivity contribution in [2.24, 2.45) is 0 Å². The standard InChI is InChI=1S/C21H22N4O8/c1-2-32-21(27)23-10-8-15(9-11-23)22-20(26)14-6-7-19(18(12-14)25(30)31)33-17-5-3-4-16(13-17)24(28)29/h3-7,12-13,15H,2,8-11H2,1H3,(H,22,26). The SMILES string of the molecule is CCOC(=O)N1CCC(NC(=O)c2ccc(Oc3cccc([N+](=O)[O-])c3)c([N+](=O)[O-])c2)CC1. The third-order valence-corrected chi connectivity index (χ3v) is 5.03. The van der Waals surface area contributed by atoms with Gasteiger partial charge in [0.1, 0.15) is 5.75 Å². The predicted molar refractivity (Wildman–Crippen MR) is 115 cm³/mol. The van der Waals surface area contributed by atoms with Crippen molar-refractivity contribution in [1.29, 1.82) is 0 Å². The van der Waals surface area contributed by atoms with Gasteiger partial charge in [0, 0.05) is 36.8 Å². The van der Waals surface area contributed by atoms with Crippen LogP contribution in [0, 0.1) is 20.2 Å². The number of ether oxygens (including phenoxy) is 2. The number of benzene rings is 2. The van der Waals surface area contributed by atoms with Crippen LogP contribution in [0.4, 0.5) is 16.2 Å². The Morgan fingerprint density at radius 2 is 1.82 bits per heavy atom. The number of likely N-dealkylation sites (tertiary alicyclic amines) is 1. The van der Waals surface area contributed by atoms with E-state index in [0.29, 0.717) is 25.9 Å². The van der Waals surface area contributed by atoms with Crippen molar-refractivity contribution in [1.82, 2.24) is 10.2 Å². The van der Waals surface area contributed by atoms with Crippen molar-refractivity contribution in [2.45, 2.75) is 25.8 Å². The first-order valence-corrected chi connectivity index (χ1v) is 10.2. The lowest BCUT2D eigenvalue weighted by molar-refractivity contribution is -0.386. The van der Waals surface area contributed by atoms with E-state index in [1.54, 1.807) is 11.8 Å². The molecule has 0 saturated carbocycles. The zero-order valence-electron chi connectivity index (χ0n) is 17.8. The van der Waals surface area contributed by atoms with Crippen molar-refractivity contribution in [3.05, 3.63) is 68.3 Å². The number of carbonyl (C=O) groups excluding carboxylic acids is 2. The van der Waals surface area contributed by atoms with E-state index >= 15 is 0 Å². The molecule has 0 bridgehead atoms. The van der Waals surface area contributed by atoms with Gasteiger partial charge in [-0.2, -0.15) is 0 Å². The lowest BCUT2D eigenvalue weighted by Crippen LogP contribution is -2.46. The van der Waals surface area contributed by atoms with Gasteiger partial charge in [-0.15, -0.1) is 0 Å². The van der Waals surface area contributed by atoms with Gasteiger partial charge < -0.3 is 19.7 Å². The van der Waals surface area contributed by atoms with Gasteiger partial charge in [-0.05, 0) is 38.0 Å². The summed E-state index contributed by atoms with van der Waals surface area (Å²) in [4.78, 5) is 47.1. The molecule has 12 nitrogen and oxygen atoms in total. The van der Waals surface area contributed by atoms with E-state index < -0.39 is 27.5 Å². The molecule has 0 atom stereocenters. The van der Waals surface area contributed by atoms with Crippen molar-refractivity contribution < 1.29 is 28.9 Å². The first-order valence-electron chi connectivity index (χ1n) is 10.2. The number of rotatable bonds is 7. The van der Waals surface area contributed by atoms with E-state index in [1.165, 1.54) is 30.3 Å². The van der Waals surface area contributed by atoms with Crippen molar-refractivity contribution in [3.63, 3.8) is 0 Å². The number of piperidine rings is 1. The molecule has 1 N–H and O–H groups in total. The smallest absolute Gasteiger partial charge is 0.409 e. The molecule has 1 aliphatic heterocycles. The molecule has 1 heterocycles. The number of amides is 2. The minimum atomic E-state index is -0.693. The highest BCUT2D eigenvalue weighted by Crippen LogP contribution is 2.33. The summed E-state index contributed by atoms with van der Waals surface area (Å²) in [7, 11) is 0. The molecule has 174 valence electrons. The van der Waals surface area contributed by atoms with Gasteiger partial charge >= 0.3 is 11.8 Å². The molecule has 33 heavy (non-hydrogen) atoms. The maximum Gasteiger partial charge on any atom is 0.409 e. The molecule has 2 amide bonds. The predicted octanol–water partition coefficient (Wildman–Crippen LogP) is 3.65. The second-order valence-corrected chi connectivity index (χ2v) is 7.23. The average Bonchev–Trinajstić information content (AvgIpc) is 2.80. The van der Waals surface area contributed by atoms with Gasteiger partial charge in [-0.25, -0.2) is 4.79 Å². The van der Waals surface area contributed by atoms with Crippen LogP contribution >= 0.6 is 0 Å². The van der Waals surface area contributed by atoms with Gasteiger partial charge in [0.25, 0.3) is 11.6 Å². The third-order valence-electron chi connectivity index (χ3n) is 5.03. The van der Waals surface area contributed by atoms with Gasteiger partial charge in [-0.1, -0.05) is 6.07 Å². The van der Waals surface area contributed by atoms with E-state index in [4.69, 9.17) is 9.47 Å². The van der Waals surface area contributed by atoms with Gasteiger partial charge in [0.2, 0.25) is 5.75 Å². The van der Waals surface area contributed by atoms with E-state index in [9.17, 15) is 29.8 Å². The molecule has 0 unspecified atom stereocenters. The summed E-state index contributed by atoms with van der Waals surface area (Å²) >= 11 is 0. The highest BCUT2D eigenvalue weighted by atomic mass is 16.6. The van der Waals surface area contributed by atoms with Crippen LogP contribution in [0.15, 0.2) is 42.5 Å². The summed E-state index contributed by atoms with van der Waals surface area (Å²) < 4.78 is 10.4. The van der Waals surface area contributed by atoms with Crippen LogP contribution < -0.4 is 10.1 Å². The average molecular weight is 458 g/mol. The Bertz CT molecular complexity index is 1070. The van der Waals surface area contributed by atoms with Crippen LogP contribution in [0.2, 0.25) is 0 Å². The Balaban J connectivity index is 1.68. The highest BCUT2D eigenvalue weighted by molar-refractivity contribution is 5.95. The Kier molecular flexibility index (Phi) is 7.38. The number of hydrogen-bond donors (Lipinski definition) is 1. The number of hydrogen-bond acceptors (Lipinski definition) is 8. The number of nitro benzene ring substituents is 2. The molecule has 2 aromatic rings. The summed E-state index contributed by atoms with van der Waals surface area (Å²) in [6.07, 6.45) is 0.665. The van der Waals surface area contributed by atoms with Gasteiger partial charge in [0.15, 0.2) is 0 Å². The number of nitrogens with one attached hydrogen (secondary N) is 1. The Hall–Kier alpha value is -4.22. The molecule has 2 aromatic carbocycles. The minimum absolute atomic E-state index is 0.0536. The Labute approximate surface area is 188 Å². The fourth-order valence-electron chi connectivity index (χ4n) is 3.37. The van der Waals surface area contributed by atoms with Crippen LogP contribution in [-0.4, -0.2) is 52.5 Å². The molecule has 1 saturated heterocycles.